The summed E-state index contributed by atoms with van der Waals surface area (Å²) >= 11 is 0. The molecule has 0 radical (unpaired) electrons. The van der Waals surface area contributed by atoms with Crippen LogP contribution in [0.25, 0.3) is 0 Å². The van der Waals surface area contributed by atoms with Crippen LogP contribution in [0, 0.1) is 0 Å². The number of unbranched alkanes of at least 4 members (excludes halogenated alkanes) is 31. The van der Waals surface area contributed by atoms with Crippen molar-refractivity contribution < 1.29 is 0 Å². The second-order valence-corrected chi connectivity index (χ2v) is 12.1. The van der Waals surface area contributed by atoms with E-state index in [4.69, 9.17) is 0 Å². The fourth-order valence-electron chi connectivity index (χ4n) is 5.68. The van der Waals surface area contributed by atoms with E-state index < -0.39 is 0 Å². The first kappa shape index (κ1) is 39.4. The van der Waals surface area contributed by atoms with E-state index in [-0.39, 0.29) is 12.4 Å². The Balaban J connectivity index is 0. The molecule has 0 aliphatic heterocycles. The summed E-state index contributed by atoms with van der Waals surface area (Å²) in [4.78, 5) is 0. The van der Waals surface area contributed by atoms with Crippen LogP contribution in [0.3, 0.4) is 0 Å². The molecule has 0 saturated carbocycles. The van der Waals surface area contributed by atoms with Gasteiger partial charge in [-0.2, -0.15) is 0 Å². The third-order valence-electron chi connectivity index (χ3n) is 8.28. The lowest BCUT2D eigenvalue weighted by Crippen LogP contribution is -2.06. The molecule has 2 heteroatoms. The van der Waals surface area contributed by atoms with Crippen LogP contribution in [0.5, 0.6) is 0 Å². The van der Waals surface area contributed by atoms with Crippen molar-refractivity contribution in [2.75, 3.05) is 13.6 Å². The molecule has 0 fully saturated rings. The highest BCUT2D eigenvalue weighted by molar-refractivity contribution is 5.85. The smallest absolute Gasteiger partial charge is 0.00519 e. The van der Waals surface area contributed by atoms with Crippen LogP contribution in [0.15, 0.2) is 0 Å². The summed E-state index contributed by atoms with van der Waals surface area (Å²) < 4.78 is 0. The van der Waals surface area contributed by atoms with Gasteiger partial charge in [0.05, 0.1) is 0 Å². The van der Waals surface area contributed by atoms with Gasteiger partial charge in [0.2, 0.25) is 0 Å². The Morgan fingerprint density at radius 3 is 0.595 bits per heavy atom. The van der Waals surface area contributed by atoms with E-state index in [1.165, 1.54) is 212 Å². The number of hydrogen-bond donors (Lipinski definition) is 1. The van der Waals surface area contributed by atoms with Crippen LogP contribution >= 0.6 is 12.4 Å². The first-order valence-corrected chi connectivity index (χ1v) is 17.6. The van der Waals surface area contributed by atoms with E-state index in [0.29, 0.717) is 0 Å². The monoisotopic (exact) mass is 544 g/mol. The van der Waals surface area contributed by atoms with E-state index in [9.17, 15) is 0 Å². The molecule has 0 aromatic carbocycles. The highest BCUT2D eigenvalue weighted by Gasteiger charge is 1.97. The van der Waals surface area contributed by atoms with E-state index in [1.54, 1.807) is 0 Å². The lowest BCUT2D eigenvalue weighted by Gasteiger charge is -2.05. The quantitative estimate of drug-likeness (QED) is 0.0811. The zero-order valence-corrected chi connectivity index (χ0v) is 27.1. The van der Waals surface area contributed by atoms with Crippen LogP contribution in [0.1, 0.15) is 212 Å². The molecule has 0 aliphatic rings. The molecular weight excluding hydrogens is 470 g/mol. The van der Waals surface area contributed by atoms with Crippen molar-refractivity contribution in [3.8, 4) is 0 Å². The number of halogens is 1. The van der Waals surface area contributed by atoms with Crippen molar-refractivity contribution in [2.24, 2.45) is 0 Å². The van der Waals surface area contributed by atoms with Gasteiger partial charge < -0.3 is 5.32 Å². The zero-order valence-electron chi connectivity index (χ0n) is 26.2. The second kappa shape index (κ2) is 38.4. The predicted octanol–water partition coefficient (Wildman–Crippen LogP) is 13.1. The maximum atomic E-state index is 3.24. The van der Waals surface area contributed by atoms with Gasteiger partial charge in [0.15, 0.2) is 0 Å². The summed E-state index contributed by atoms with van der Waals surface area (Å²) in [5, 5.41) is 3.24. The molecule has 0 aromatic rings. The van der Waals surface area contributed by atoms with Gasteiger partial charge in [-0.25, -0.2) is 0 Å². The average Bonchev–Trinajstić information content (AvgIpc) is 2.89. The fraction of sp³-hybridized carbons (Fsp3) is 1.00. The Bertz CT molecular complexity index is 325. The Labute approximate surface area is 243 Å². The normalized spacial score (nSPS) is 11.2. The van der Waals surface area contributed by atoms with Crippen molar-refractivity contribution in [2.45, 2.75) is 212 Å². The lowest BCUT2D eigenvalue weighted by molar-refractivity contribution is 0.511. The third-order valence-corrected chi connectivity index (χ3v) is 8.28. The Hall–Kier alpha value is 0.250. The Kier molecular flexibility index (Phi) is 40.9. The highest BCUT2D eigenvalue weighted by atomic mass is 35.5. The molecule has 0 unspecified atom stereocenters. The zero-order chi connectivity index (χ0) is 26.0. The minimum Gasteiger partial charge on any atom is -0.320 e. The Morgan fingerprint density at radius 1 is 0.270 bits per heavy atom. The van der Waals surface area contributed by atoms with Crippen molar-refractivity contribution in [3.05, 3.63) is 0 Å². The molecule has 0 amide bonds. The molecule has 226 valence electrons. The summed E-state index contributed by atoms with van der Waals surface area (Å²) in [6, 6.07) is 0. The molecule has 1 N–H and O–H groups in total. The van der Waals surface area contributed by atoms with Gasteiger partial charge in [0.25, 0.3) is 0 Å². The first-order chi connectivity index (χ1) is 17.9. The molecule has 0 saturated heterocycles. The molecule has 0 atom stereocenters. The average molecular weight is 544 g/mol. The van der Waals surface area contributed by atoms with Gasteiger partial charge in [-0.3, -0.25) is 0 Å². The van der Waals surface area contributed by atoms with Crippen LogP contribution in [0.4, 0.5) is 0 Å². The topological polar surface area (TPSA) is 12.0 Å². The maximum absolute atomic E-state index is 3.24. The molecule has 0 spiro atoms. The van der Waals surface area contributed by atoms with Crippen LogP contribution in [-0.4, -0.2) is 13.6 Å². The molecule has 0 aliphatic carbocycles. The minimum absolute atomic E-state index is 0. The number of rotatable bonds is 33. The summed E-state index contributed by atoms with van der Waals surface area (Å²) in [5.41, 5.74) is 0. The van der Waals surface area contributed by atoms with Crippen molar-refractivity contribution in [1.29, 1.82) is 0 Å². The van der Waals surface area contributed by atoms with E-state index in [0.717, 1.165) is 0 Å². The van der Waals surface area contributed by atoms with Gasteiger partial charge in [-0.15, -0.1) is 12.4 Å². The minimum atomic E-state index is 0. The van der Waals surface area contributed by atoms with Crippen molar-refractivity contribution >= 4 is 12.4 Å². The molecule has 0 heterocycles. The van der Waals surface area contributed by atoms with Gasteiger partial charge in [0, 0.05) is 0 Å². The van der Waals surface area contributed by atoms with Crippen LogP contribution in [-0.2, 0) is 0 Å². The molecule has 1 nitrogen and oxygen atoms in total. The summed E-state index contributed by atoms with van der Waals surface area (Å²) in [7, 11) is 2.06. The summed E-state index contributed by atoms with van der Waals surface area (Å²) in [5.74, 6) is 0. The van der Waals surface area contributed by atoms with E-state index >= 15 is 0 Å². The first-order valence-electron chi connectivity index (χ1n) is 17.6. The standard InChI is InChI=1S/C35H73N.ClH/c1-3-4-5-6-7-8-9-10-11-12-13-14-15-16-17-18-19-20-21-22-23-24-25-26-27-28-29-30-31-32-33-34-35-36-2;/h36H,3-35H2,1-2H3;1H. The van der Waals surface area contributed by atoms with Crippen LogP contribution < -0.4 is 5.32 Å². The summed E-state index contributed by atoms with van der Waals surface area (Å²) in [6.07, 6.45) is 47.2. The predicted molar refractivity (Wildman–Crippen MR) is 175 cm³/mol. The van der Waals surface area contributed by atoms with Gasteiger partial charge in [-0.1, -0.05) is 206 Å². The van der Waals surface area contributed by atoms with Gasteiger partial charge in [-0.05, 0) is 20.0 Å². The van der Waals surface area contributed by atoms with Crippen LogP contribution in [0.2, 0.25) is 0 Å². The number of hydrogen-bond acceptors (Lipinski definition) is 1. The molecule has 0 rings (SSSR count). The number of nitrogens with one attached hydrogen (secondary N) is 1. The SMILES string of the molecule is CCCCCCCCCCCCCCCCCCCCCCCCCCCCCCCCCCNC.Cl. The molecular formula is C35H74ClN. The second-order valence-electron chi connectivity index (χ2n) is 12.1. The Morgan fingerprint density at radius 2 is 0.432 bits per heavy atom. The van der Waals surface area contributed by atoms with E-state index in [2.05, 4.69) is 19.3 Å². The third kappa shape index (κ3) is 38.5. The molecule has 0 bridgehead atoms. The van der Waals surface area contributed by atoms with Gasteiger partial charge in [0.1, 0.15) is 0 Å². The maximum Gasteiger partial charge on any atom is -0.00519 e. The lowest BCUT2D eigenvalue weighted by atomic mass is 10.0. The highest BCUT2D eigenvalue weighted by Crippen LogP contribution is 2.16. The molecule has 37 heavy (non-hydrogen) atoms. The van der Waals surface area contributed by atoms with Gasteiger partial charge >= 0.3 is 0 Å². The fourth-order valence-corrected chi connectivity index (χ4v) is 5.68. The van der Waals surface area contributed by atoms with E-state index in [1.807, 2.05) is 0 Å². The summed E-state index contributed by atoms with van der Waals surface area (Å²) in [6.45, 7) is 3.50. The van der Waals surface area contributed by atoms with Crippen molar-refractivity contribution in [1.82, 2.24) is 5.32 Å². The largest absolute Gasteiger partial charge is 0.320 e. The van der Waals surface area contributed by atoms with Crippen molar-refractivity contribution in [3.63, 3.8) is 0 Å². The molecule has 0 aromatic heterocycles.